The van der Waals surface area contributed by atoms with Crippen molar-refractivity contribution in [3.8, 4) is 0 Å². The second-order valence-corrected chi connectivity index (χ2v) is 8.04. The molecule has 3 aliphatic heterocycles. The van der Waals surface area contributed by atoms with Crippen LogP contribution in [-0.2, 0) is 9.53 Å². The molecule has 134 valence electrons. The summed E-state index contributed by atoms with van der Waals surface area (Å²) in [7, 11) is 0. The van der Waals surface area contributed by atoms with Gasteiger partial charge in [-0.05, 0) is 44.4 Å². The van der Waals surface area contributed by atoms with Crippen LogP contribution in [0.4, 0.5) is 4.79 Å². The Labute approximate surface area is 144 Å². The number of ether oxygens (including phenoxy) is 1. The summed E-state index contributed by atoms with van der Waals surface area (Å²) in [6.45, 7) is 7.26. The Morgan fingerprint density at radius 2 is 1.92 bits per heavy atom. The average Bonchev–Trinajstić information content (AvgIpc) is 2.99. The van der Waals surface area contributed by atoms with E-state index in [0.717, 1.165) is 58.4 Å². The van der Waals surface area contributed by atoms with Gasteiger partial charge in [-0.3, -0.25) is 4.79 Å². The molecule has 0 bridgehead atoms. The third-order valence-electron chi connectivity index (χ3n) is 6.64. The molecule has 1 saturated carbocycles. The minimum absolute atomic E-state index is 0.141. The molecule has 2 amide bonds. The minimum atomic E-state index is -0.141. The Kier molecular flexibility index (Phi) is 4.19. The van der Waals surface area contributed by atoms with Gasteiger partial charge in [0.1, 0.15) is 0 Å². The molecule has 3 heterocycles. The molecule has 4 rings (SSSR count). The van der Waals surface area contributed by atoms with Gasteiger partial charge >= 0.3 is 6.09 Å². The molecule has 0 aromatic rings. The lowest BCUT2D eigenvalue weighted by atomic mass is 9.64. The fourth-order valence-corrected chi connectivity index (χ4v) is 5.12. The standard InChI is InChI=1S/C18H29N3O3/c1-2-24-17(23)20-10-6-18(13-20)11-15(12-18)19-7-3-14(4-8-19)21-9-5-16(21)22/h14-15H,2-13H2,1H3. The molecule has 4 fully saturated rings. The van der Waals surface area contributed by atoms with Crippen molar-refractivity contribution >= 4 is 12.0 Å². The summed E-state index contributed by atoms with van der Waals surface area (Å²) in [5, 5.41) is 0. The van der Waals surface area contributed by atoms with E-state index in [-0.39, 0.29) is 6.09 Å². The van der Waals surface area contributed by atoms with Gasteiger partial charge in [0.2, 0.25) is 5.91 Å². The van der Waals surface area contributed by atoms with Crippen molar-refractivity contribution in [2.24, 2.45) is 5.41 Å². The highest BCUT2D eigenvalue weighted by Gasteiger charge is 2.51. The summed E-state index contributed by atoms with van der Waals surface area (Å²) in [6, 6.07) is 1.17. The molecule has 0 unspecified atom stereocenters. The maximum absolute atomic E-state index is 11.9. The first-order valence-electron chi connectivity index (χ1n) is 9.55. The van der Waals surface area contributed by atoms with Crippen molar-refractivity contribution in [1.82, 2.24) is 14.7 Å². The Bertz CT molecular complexity index is 510. The first-order chi connectivity index (χ1) is 11.6. The summed E-state index contributed by atoms with van der Waals surface area (Å²) in [6.07, 6.45) is 6.43. The van der Waals surface area contributed by atoms with Gasteiger partial charge in [0.05, 0.1) is 6.61 Å². The SMILES string of the molecule is CCOC(=O)N1CCC2(CC(N3CCC(N4CCC4=O)CC3)C2)C1. The van der Waals surface area contributed by atoms with Gasteiger partial charge in [-0.15, -0.1) is 0 Å². The second-order valence-electron chi connectivity index (χ2n) is 8.04. The van der Waals surface area contributed by atoms with Crippen LogP contribution in [0.15, 0.2) is 0 Å². The first-order valence-corrected chi connectivity index (χ1v) is 9.55. The number of β-lactam (4-membered cyclic amide) rings is 1. The highest BCUT2D eigenvalue weighted by Crippen LogP contribution is 2.50. The molecule has 0 aromatic carbocycles. The van der Waals surface area contributed by atoms with Gasteiger partial charge in [-0.25, -0.2) is 4.79 Å². The molecule has 0 N–H and O–H groups in total. The summed E-state index contributed by atoms with van der Waals surface area (Å²) in [4.78, 5) is 30.1. The van der Waals surface area contributed by atoms with E-state index < -0.39 is 0 Å². The van der Waals surface area contributed by atoms with Gasteiger partial charge in [0, 0.05) is 51.2 Å². The molecule has 1 aliphatic carbocycles. The summed E-state index contributed by atoms with van der Waals surface area (Å²) in [5.74, 6) is 0.348. The van der Waals surface area contributed by atoms with Crippen LogP contribution in [0.25, 0.3) is 0 Å². The van der Waals surface area contributed by atoms with Gasteiger partial charge < -0.3 is 19.4 Å². The Balaban J connectivity index is 1.22. The minimum Gasteiger partial charge on any atom is -0.450 e. The van der Waals surface area contributed by atoms with Crippen LogP contribution in [0, 0.1) is 5.41 Å². The predicted molar refractivity (Wildman–Crippen MR) is 89.6 cm³/mol. The van der Waals surface area contributed by atoms with E-state index in [4.69, 9.17) is 4.74 Å². The van der Waals surface area contributed by atoms with Crippen LogP contribution in [0.3, 0.4) is 0 Å². The second kappa shape index (κ2) is 6.21. The van der Waals surface area contributed by atoms with Crippen molar-refractivity contribution in [1.29, 1.82) is 0 Å². The van der Waals surface area contributed by atoms with E-state index in [1.807, 2.05) is 11.8 Å². The highest BCUT2D eigenvalue weighted by molar-refractivity contribution is 5.82. The van der Waals surface area contributed by atoms with Crippen molar-refractivity contribution in [2.45, 2.75) is 57.5 Å². The molecular formula is C18H29N3O3. The van der Waals surface area contributed by atoms with Crippen molar-refractivity contribution in [3.05, 3.63) is 0 Å². The van der Waals surface area contributed by atoms with E-state index in [9.17, 15) is 9.59 Å². The summed E-state index contributed by atoms with van der Waals surface area (Å²) >= 11 is 0. The Morgan fingerprint density at radius 3 is 2.50 bits per heavy atom. The zero-order chi connectivity index (χ0) is 16.7. The van der Waals surface area contributed by atoms with Crippen LogP contribution < -0.4 is 0 Å². The number of nitrogens with zero attached hydrogens (tertiary/aromatic N) is 3. The van der Waals surface area contributed by atoms with Gasteiger partial charge in [-0.1, -0.05) is 0 Å². The molecule has 1 spiro atoms. The van der Waals surface area contributed by atoms with Crippen LogP contribution in [-0.4, -0.2) is 78.1 Å². The fourth-order valence-electron chi connectivity index (χ4n) is 5.12. The van der Waals surface area contributed by atoms with Crippen LogP contribution in [0.5, 0.6) is 0 Å². The number of likely N-dealkylation sites (tertiary alicyclic amines) is 3. The number of hydrogen-bond acceptors (Lipinski definition) is 4. The monoisotopic (exact) mass is 335 g/mol. The normalized spacial score (nSPS) is 34.4. The molecule has 3 saturated heterocycles. The zero-order valence-corrected chi connectivity index (χ0v) is 14.7. The lowest BCUT2D eigenvalue weighted by Gasteiger charge is -2.52. The molecule has 0 aromatic heterocycles. The maximum atomic E-state index is 11.9. The number of carbonyl (C=O) groups is 2. The third-order valence-corrected chi connectivity index (χ3v) is 6.64. The van der Waals surface area contributed by atoms with E-state index in [2.05, 4.69) is 9.80 Å². The van der Waals surface area contributed by atoms with E-state index in [0.29, 0.717) is 30.0 Å². The van der Waals surface area contributed by atoms with Gasteiger partial charge in [-0.2, -0.15) is 0 Å². The molecule has 24 heavy (non-hydrogen) atoms. The number of piperidine rings is 1. The molecular weight excluding hydrogens is 306 g/mol. The van der Waals surface area contributed by atoms with Crippen LogP contribution in [0.1, 0.15) is 45.4 Å². The fraction of sp³-hybridized carbons (Fsp3) is 0.889. The number of rotatable bonds is 3. The number of hydrogen-bond donors (Lipinski definition) is 0. The predicted octanol–water partition coefficient (Wildman–Crippen LogP) is 1.69. The number of amides is 2. The number of carbonyl (C=O) groups excluding carboxylic acids is 2. The average molecular weight is 335 g/mol. The first kappa shape index (κ1) is 16.2. The molecule has 0 atom stereocenters. The van der Waals surface area contributed by atoms with E-state index >= 15 is 0 Å². The lowest BCUT2D eigenvalue weighted by molar-refractivity contribution is -0.144. The van der Waals surface area contributed by atoms with Crippen LogP contribution in [0.2, 0.25) is 0 Å². The third kappa shape index (κ3) is 2.79. The Hall–Kier alpha value is -1.30. The van der Waals surface area contributed by atoms with Crippen molar-refractivity contribution < 1.29 is 14.3 Å². The maximum Gasteiger partial charge on any atom is 0.409 e. The van der Waals surface area contributed by atoms with Gasteiger partial charge in [0.15, 0.2) is 0 Å². The molecule has 4 aliphatic rings. The lowest BCUT2D eigenvalue weighted by Crippen LogP contribution is -2.58. The molecule has 0 radical (unpaired) electrons. The Morgan fingerprint density at radius 1 is 1.17 bits per heavy atom. The topological polar surface area (TPSA) is 53.1 Å². The van der Waals surface area contributed by atoms with Crippen molar-refractivity contribution in [3.63, 3.8) is 0 Å². The summed E-state index contributed by atoms with van der Waals surface area (Å²) < 4.78 is 5.13. The smallest absolute Gasteiger partial charge is 0.409 e. The molecule has 6 heteroatoms. The van der Waals surface area contributed by atoms with Crippen LogP contribution >= 0.6 is 0 Å². The zero-order valence-electron chi connectivity index (χ0n) is 14.7. The van der Waals surface area contributed by atoms with Crippen molar-refractivity contribution in [2.75, 3.05) is 39.3 Å². The summed E-state index contributed by atoms with van der Waals surface area (Å²) in [5.41, 5.74) is 0.349. The molecule has 6 nitrogen and oxygen atoms in total. The van der Waals surface area contributed by atoms with E-state index in [1.54, 1.807) is 0 Å². The van der Waals surface area contributed by atoms with Gasteiger partial charge in [0.25, 0.3) is 0 Å². The highest BCUT2D eigenvalue weighted by atomic mass is 16.6. The largest absolute Gasteiger partial charge is 0.450 e. The van der Waals surface area contributed by atoms with E-state index in [1.165, 1.54) is 12.8 Å². The quantitative estimate of drug-likeness (QED) is 0.737.